The van der Waals surface area contributed by atoms with Crippen molar-refractivity contribution in [2.24, 2.45) is 0 Å². The summed E-state index contributed by atoms with van der Waals surface area (Å²) in [7, 11) is 0. The fourth-order valence-electron chi connectivity index (χ4n) is 2.29. The maximum atomic E-state index is 11.0. The highest BCUT2D eigenvalue weighted by molar-refractivity contribution is 5.93. The highest BCUT2D eigenvalue weighted by atomic mass is 16.5. The molecule has 0 amide bonds. The van der Waals surface area contributed by atoms with Gasteiger partial charge >= 0.3 is 5.97 Å². The van der Waals surface area contributed by atoms with Crippen LogP contribution in [0, 0.1) is 0 Å². The number of rotatable bonds is 4. The van der Waals surface area contributed by atoms with Gasteiger partial charge < -0.3 is 14.8 Å². The Morgan fingerprint density at radius 3 is 2.73 bits per heavy atom. The summed E-state index contributed by atoms with van der Waals surface area (Å²) in [6.07, 6.45) is 0.0594. The van der Waals surface area contributed by atoms with Crippen LogP contribution < -0.4 is 4.74 Å². The third kappa shape index (κ3) is 2.65. The predicted octanol–water partition coefficient (Wildman–Crippen LogP) is 3.72. The van der Waals surface area contributed by atoms with Crippen molar-refractivity contribution in [3.05, 3.63) is 48.0 Å². The van der Waals surface area contributed by atoms with Gasteiger partial charge in [0.05, 0.1) is 28.3 Å². The Balaban J connectivity index is 2.09. The summed E-state index contributed by atoms with van der Waals surface area (Å²) in [6.45, 7) is 3.93. The lowest BCUT2D eigenvalue weighted by molar-refractivity contribution is 0.0697. The lowest BCUT2D eigenvalue weighted by Gasteiger charge is -2.12. The van der Waals surface area contributed by atoms with E-state index in [1.807, 2.05) is 38.1 Å². The van der Waals surface area contributed by atoms with Crippen molar-refractivity contribution in [3.8, 4) is 17.1 Å². The van der Waals surface area contributed by atoms with Crippen molar-refractivity contribution >= 4 is 17.0 Å². The van der Waals surface area contributed by atoms with Crippen molar-refractivity contribution in [1.82, 2.24) is 9.97 Å². The van der Waals surface area contributed by atoms with Crippen LogP contribution >= 0.6 is 0 Å². The molecule has 0 bridgehead atoms. The number of hydrogen-bond donors (Lipinski definition) is 2. The zero-order valence-electron chi connectivity index (χ0n) is 12.3. The van der Waals surface area contributed by atoms with E-state index in [0.717, 1.165) is 16.8 Å². The lowest BCUT2D eigenvalue weighted by atomic mass is 10.2. The maximum absolute atomic E-state index is 11.0. The molecule has 22 heavy (non-hydrogen) atoms. The molecule has 0 atom stereocenters. The number of carboxylic acid groups (broad SMARTS) is 1. The Labute approximate surface area is 127 Å². The average molecular weight is 296 g/mol. The number of carbonyl (C=O) groups is 1. The number of imidazole rings is 1. The first-order chi connectivity index (χ1) is 10.5. The van der Waals surface area contributed by atoms with Crippen LogP contribution in [-0.2, 0) is 0 Å². The van der Waals surface area contributed by atoms with Crippen LogP contribution in [0.25, 0.3) is 22.4 Å². The van der Waals surface area contributed by atoms with Gasteiger partial charge in [0.15, 0.2) is 0 Å². The number of aromatic amines is 1. The number of para-hydroxylation sites is 1. The summed E-state index contributed by atoms with van der Waals surface area (Å²) < 4.78 is 5.80. The third-order valence-electron chi connectivity index (χ3n) is 3.23. The van der Waals surface area contributed by atoms with Crippen LogP contribution in [0.2, 0.25) is 0 Å². The van der Waals surface area contributed by atoms with E-state index in [0.29, 0.717) is 11.3 Å². The largest absolute Gasteiger partial charge is 0.490 e. The zero-order chi connectivity index (χ0) is 15.7. The molecule has 1 heterocycles. The minimum absolute atomic E-state index is 0.0594. The molecule has 0 aliphatic rings. The second kappa shape index (κ2) is 5.52. The molecule has 5 nitrogen and oxygen atoms in total. The number of H-pyrrole nitrogens is 1. The molecule has 0 radical (unpaired) electrons. The lowest BCUT2D eigenvalue weighted by Crippen LogP contribution is -2.06. The molecule has 2 N–H and O–H groups in total. The molecule has 0 fully saturated rings. The molecule has 0 aliphatic carbocycles. The Morgan fingerprint density at radius 2 is 2.00 bits per heavy atom. The van der Waals surface area contributed by atoms with Crippen LogP contribution in [0.1, 0.15) is 24.2 Å². The summed E-state index contributed by atoms with van der Waals surface area (Å²) in [6, 6.07) is 12.5. The van der Waals surface area contributed by atoms with Crippen LogP contribution in [-0.4, -0.2) is 27.1 Å². The van der Waals surface area contributed by atoms with E-state index >= 15 is 0 Å². The van der Waals surface area contributed by atoms with E-state index in [4.69, 9.17) is 9.84 Å². The second-order valence-electron chi connectivity index (χ2n) is 5.29. The maximum Gasteiger partial charge on any atom is 0.335 e. The van der Waals surface area contributed by atoms with Gasteiger partial charge in [-0.3, -0.25) is 0 Å². The van der Waals surface area contributed by atoms with Gasteiger partial charge in [0.25, 0.3) is 0 Å². The summed E-state index contributed by atoms with van der Waals surface area (Å²) in [4.78, 5) is 18.7. The van der Waals surface area contributed by atoms with E-state index in [1.165, 1.54) is 0 Å². The van der Waals surface area contributed by atoms with Crippen molar-refractivity contribution in [1.29, 1.82) is 0 Å². The molecule has 0 unspecified atom stereocenters. The summed E-state index contributed by atoms with van der Waals surface area (Å²) in [5.41, 5.74) is 2.49. The van der Waals surface area contributed by atoms with E-state index in [9.17, 15) is 4.79 Å². The molecule has 0 aliphatic heterocycles. The Hall–Kier alpha value is -2.82. The molecular weight excluding hydrogens is 280 g/mol. The molecule has 0 saturated carbocycles. The van der Waals surface area contributed by atoms with E-state index in [1.54, 1.807) is 18.2 Å². The first-order valence-corrected chi connectivity index (χ1v) is 7.03. The third-order valence-corrected chi connectivity index (χ3v) is 3.23. The quantitative estimate of drug-likeness (QED) is 0.769. The second-order valence-corrected chi connectivity index (χ2v) is 5.29. The van der Waals surface area contributed by atoms with Crippen LogP contribution in [0.5, 0.6) is 5.75 Å². The smallest absolute Gasteiger partial charge is 0.335 e. The van der Waals surface area contributed by atoms with E-state index in [-0.39, 0.29) is 11.7 Å². The van der Waals surface area contributed by atoms with Crippen LogP contribution in [0.4, 0.5) is 0 Å². The predicted molar refractivity (Wildman–Crippen MR) is 84.3 cm³/mol. The first-order valence-electron chi connectivity index (χ1n) is 7.03. The standard InChI is InChI=1S/C17H16N2O3/c1-10(2)22-15-6-4-3-5-12(15)16-18-13-8-7-11(17(20)21)9-14(13)19-16/h3-10H,1-2H3,(H,18,19)(H,20,21). The van der Waals surface area contributed by atoms with Gasteiger partial charge in [0.2, 0.25) is 0 Å². The number of ether oxygens (including phenoxy) is 1. The minimum Gasteiger partial charge on any atom is -0.490 e. The normalized spacial score (nSPS) is 11.0. The van der Waals surface area contributed by atoms with E-state index in [2.05, 4.69) is 9.97 Å². The molecule has 5 heteroatoms. The fourth-order valence-corrected chi connectivity index (χ4v) is 2.29. The van der Waals surface area contributed by atoms with Crippen molar-refractivity contribution < 1.29 is 14.6 Å². The van der Waals surface area contributed by atoms with Crippen LogP contribution in [0.15, 0.2) is 42.5 Å². The molecule has 112 valence electrons. The molecule has 0 saturated heterocycles. The Kier molecular flexibility index (Phi) is 3.55. The van der Waals surface area contributed by atoms with Gasteiger partial charge in [-0.1, -0.05) is 12.1 Å². The topological polar surface area (TPSA) is 75.2 Å². The average Bonchev–Trinajstić information content (AvgIpc) is 2.89. The number of nitrogens with one attached hydrogen (secondary N) is 1. The molecule has 3 rings (SSSR count). The molecule has 0 spiro atoms. The number of fused-ring (bicyclic) bond motifs is 1. The molecule has 2 aromatic carbocycles. The number of nitrogens with zero attached hydrogens (tertiary/aromatic N) is 1. The summed E-state index contributed by atoms with van der Waals surface area (Å²) >= 11 is 0. The number of aromatic nitrogens is 2. The number of benzene rings is 2. The van der Waals surface area contributed by atoms with Crippen LogP contribution in [0.3, 0.4) is 0 Å². The highest BCUT2D eigenvalue weighted by Crippen LogP contribution is 2.30. The Bertz CT molecular complexity index is 837. The monoisotopic (exact) mass is 296 g/mol. The summed E-state index contributed by atoms with van der Waals surface area (Å²) in [5, 5.41) is 9.06. The number of aromatic carboxylic acids is 1. The van der Waals surface area contributed by atoms with Crippen molar-refractivity contribution in [3.63, 3.8) is 0 Å². The SMILES string of the molecule is CC(C)Oc1ccccc1-c1nc2ccc(C(=O)O)cc2[nH]1. The number of hydrogen-bond acceptors (Lipinski definition) is 3. The molecule has 1 aromatic heterocycles. The molecule has 3 aromatic rings. The number of carboxylic acids is 1. The van der Waals surface area contributed by atoms with Gasteiger partial charge in [0.1, 0.15) is 11.6 Å². The zero-order valence-corrected chi connectivity index (χ0v) is 12.3. The van der Waals surface area contributed by atoms with Crippen molar-refractivity contribution in [2.45, 2.75) is 20.0 Å². The first kappa shape index (κ1) is 14.1. The van der Waals surface area contributed by atoms with E-state index < -0.39 is 5.97 Å². The van der Waals surface area contributed by atoms with Gasteiger partial charge in [-0.15, -0.1) is 0 Å². The highest BCUT2D eigenvalue weighted by Gasteiger charge is 2.13. The Morgan fingerprint density at radius 1 is 1.23 bits per heavy atom. The van der Waals surface area contributed by atoms with Gasteiger partial charge in [-0.25, -0.2) is 9.78 Å². The van der Waals surface area contributed by atoms with Gasteiger partial charge in [0, 0.05) is 0 Å². The van der Waals surface area contributed by atoms with Gasteiger partial charge in [-0.2, -0.15) is 0 Å². The van der Waals surface area contributed by atoms with Crippen molar-refractivity contribution in [2.75, 3.05) is 0 Å². The fraction of sp³-hybridized carbons (Fsp3) is 0.176. The molecular formula is C17H16N2O3. The van der Waals surface area contributed by atoms with Gasteiger partial charge in [-0.05, 0) is 44.2 Å². The summed E-state index contributed by atoms with van der Waals surface area (Å²) in [5.74, 6) is 0.449. The minimum atomic E-state index is -0.957.